The summed E-state index contributed by atoms with van der Waals surface area (Å²) in [6, 6.07) is 8.49. The van der Waals surface area contributed by atoms with Crippen LogP contribution in [0, 0.1) is 0 Å². The van der Waals surface area contributed by atoms with Crippen molar-refractivity contribution in [1.82, 2.24) is 8.88 Å². The SMILES string of the molecule is O=c1c2ccccc2[se]n1C1CCNCC1. The second kappa shape index (κ2) is 4.21. The third kappa shape index (κ3) is 1.67. The predicted octanol–water partition coefficient (Wildman–Crippen LogP) is 0.983. The van der Waals surface area contributed by atoms with Crippen LogP contribution in [0.4, 0.5) is 0 Å². The van der Waals surface area contributed by atoms with Crippen LogP contribution in [0.25, 0.3) is 9.65 Å². The van der Waals surface area contributed by atoms with Gasteiger partial charge in [0.05, 0.1) is 0 Å². The van der Waals surface area contributed by atoms with Crippen LogP contribution in [0.2, 0.25) is 0 Å². The summed E-state index contributed by atoms with van der Waals surface area (Å²) in [6.07, 6.45) is 2.20. The van der Waals surface area contributed by atoms with E-state index in [0.29, 0.717) is 6.04 Å². The molecule has 0 unspecified atom stereocenters. The van der Waals surface area contributed by atoms with E-state index in [0.717, 1.165) is 31.3 Å². The van der Waals surface area contributed by atoms with Crippen LogP contribution in [0.15, 0.2) is 29.1 Å². The molecule has 3 rings (SSSR count). The first-order valence-electron chi connectivity index (χ1n) is 5.67. The Bertz CT molecular complexity index is 551. The van der Waals surface area contributed by atoms with Gasteiger partial charge in [-0.3, -0.25) is 0 Å². The van der Waals surface area contributed by atoms with Gasteiger partial charge in [-0.2, -0.15) is 0 Å². The molecule has 0 atom stereocenters. The molecule has 0 spiro atoms. The van der Waals surface area contributed by atoms with Gasteiger partial charge >= 0.3 is 99.9 Å². The molecule has 1 saturated heterocycles. The topological polar surface area (TPSA) is 34.0 Å². The Labute approximate surface area is 100 Å². The van der Waals surface area contributed by atoms with Gasteiger partial charge in [0.25, 0.3) is 0 Å². The van der Waals surface area contributed by atoms with Crippen LogP contribution in [0.5, 0.6) is 0 Å². The molecule has 2 heterocycles. The standard InChI is InChI=1S/C12H14N2OSe/c15-12-10-3-1-2-4-11(10)16-14(12)9-5-7-13-8-6-9/h1-4,9,13H,5-8H2. The van der Waals surface area contributed by atoms with E-state index in [1.807, 2.05) is 18.2 Å². The Balaban J connectivity index is 2.09. The second-order valence-electron chi connectivity index (χ2n) is 4.20. The molecule has 3 nitrogen and oxygen atoms in total. The van der Waals surface area contributed by atoms with Crippen molar-refractivity contribution in [3.8, 4) is 0 Å². The van der Waals surface area contributed by atoms with Crippen LogP contribution in [-0.2, 0) is 0 Å². The van der Waals surface area contributed by atoms with Crippen molar-refractivity contribution in [2.45, 2.75) is 18.9 Å². The molecule has 0 bridgehead atoms. The number of fused-ring (bicyclic) bond motifs is 1. The van der Waals surface area contributed by atoms with Gasteiger partial charge in [-0.1, -0.05) is 0 Å². The van der Waals surface area contributed by atoms with Gasteiger partial charge in [0.2, 0.25) is 0 Å². The number of rotatable bonds is 1. The fraction of sp³-hybridized carbons (Fsp3) is 0.417. The number of benzene rings is 1. The summed E-state index contributed by atoms with van der Waals surface area (Å²) in [6.45, 7) is 2.09. The van der Waals surface area contributed by atoms with E-state index >= 15 is 0 Å². The zero-order chi connectivity index (χ0) is 11.0. The molecule has 4 heteroatoms. The van der Waals surface area contributed by atoms with Crippen molar-refractivity contribution in [1.29, 1.82) is 0 Å². The van der Waals surface area contributed by atoms with Gasteiger partial charge in [0.15, 0.2) is 0 Å². The minimum atomic E-state index is 0.204. The zero-order valence-corrected chi connectivity index (χ0v) is 10.7. The zero-order valence-electron chi connectivity index (χ0n) is 8.98. The van der Waals surface area contributed by atoms with Crippen molar-refractivity contribution < 1.29 is 0 Å². The number of nitrogens with one attached hydrogen (secondary N) is 1. The summed E-state index contributed by atoms with van der Waals surface area (Å²) < 4.78 is 3.36. The van der Waals surface area contributed by atoms with E-state index < -0.39 is 0 Å². The molecule has 1 aromatic carbocycles. The Morgan fingerprint density at radius 2 is 2.00 bits per heavy atom. The van der Waals surface area contributed by atoms with Crippen molar-refractivity contribution in [2.24, 2.45) is 0 Å². The average molecular weight is 281 g/mol. The van der Waals surface area contributed by atoms with Crippen LogP contribution < -0.4 is 10.9 Å². The molecule has 2 aromatic rings. The molecule has 0 saturated carbocycles. The maximum atomic E-state index is 12.2. The molecular weight excluding hydrogens is 267 g/mol. The molecule has 16 heavy (non-hydrogen) atoms. The summed E-state index contributed by atoms with van der Waals surface area (Å²) in [4.78, 5) is 12.2. The third-order valence-electron chi connectivity index (χ3n) is 3.15. The van der Waals surface area contributed by atoms with Crippen LogP contribution in [0.3, 0.4) is 0 Å². The Morgan fingerprint density at radius 3 is 2.75 bits per heavy atom. The molecule has 1 aliphatic heterocycles. The molecule has 84 valence electrons. The average Bonchev–Trinajstić information content (AvgIpc) is 2.69. The van der Waals surface area contributed by atoms with Gasteiger partial charge < -0.3 is 0 Å². The Morgan fingerprint density at radius 1 is 1.25 bits per heavy atom. The number of piperidine rings is 1. The monoisotopic (exact) mass is 282 g/mol. The van der Waals surface area contributed by atoms with E-state index in [2.05, 4.69) is 14.9 Å². The summed E-state index contributed by atoms with van der Waals surface area (Å²) in [5.41, 5.74) is 0.252. The van der Waals surface area contributed by atoms with E-state index in [4.69, 9.17) is 0 Å². The van der Waals surface area contributed by atoms with E-state index in [-0.39, 0.29) is 20.3 Å². The van der Waals surface area contributed by atoms with Crippen molar-refractivity contribution in [3.05, 3.63) is 34.6 Å². The number of nitrogens with zero attached hydrogens (tertiary/aromatic N) is 1. The van der Waals surface area contributed by atoms with Crippen LogP contribution in [0.1, 0.15) is 18.9 Å². The first-order chi connectivity index (χ1) is 7.86. The van der Waals surface area contributed by atoms with E-state index in [1.165, 1.54) is 4.26 Å². The van der Waals surface area contributed by atoms with Crippen molar-refractivity contribution >= 4 is 24.4 Å². The van der Waals surface area contributed by atoms with Gasteiger partial charge in [-0.25, -0.2) is 0 Å². The van der Waals surface area contributed by atoms with Gasteiger partial charge in [-0.15, -0.1) is 0 Å². The van der Waals surface area contributed by atoms with Crippen molar-refractivity contribution in [3.63, 3.8) is 0 Å². The quantitative estimate of drug-likeness (QED) is 0.791. The summed E-state index contributed by atoms with van der Waals surface area (Å²) in [7, 11) is 0. The summed E-state index contributed by atoms with van der Waals surface area (Å²) in [5, 5.41) is 4.27. The summed E-state index contributed by atoms with van der Waals surface area (Å²) >= 11 is 0.204. The molecule has 1 aromatic heterocycles. The Hall–Kier alpha value is -0.831. The van der Waals surface area contributed by atoms with Crippen molar-refractivity contribution in [2.75, 3.05) is 13.1 Å². The molecule has 1 N–H and O–H groups in total. The van der Waals surface area contributed by atoms with Gasteiger partial charge in [0.1, 0.15) is 0 Å². The fourth-order valence-electron chi connectivity index (χ4n) is 2.27. The first kappa shape index (κ1) is 10.3. The fourth-order valence-corrected chi connectivity index (χ4v) is 4.68. The van der Waals surface area contributed by atoms with Gasteiger partial charge in [-0.05, 0) is 0 Å². The molecule has 0 amide bonds. The normalized spacial score (nSPS) is 18.0. The Kier molecular flexibility index (Phi) is 2.72. The van der Waals surface area contributed by atoms with Crippen LogP contribution >= 0.6 is 0 Å². The molecule has 1 fully saturated rings. The predicted molar refractivity (Wildman–Crippen MR) is 66.3 cm³/mol. The third-order valence-corrected chi connectivity index (χ3v) is 5.70. The maximum absolute atomic E-state index is 12.2. The molecule has 0 radical (unpaired) electrons. The first-order valence-corrected chi connectivity index (χ1v) is 7.30. The second-order valence-corrected chi connectivity index (χ2v) is 6.33. The van der Waals surface area contributed by atoms with Crippen LogP contribution in [-0.4, -0.2) is 31.4 Å². The molecule has 1 aliphatic rings. The van der Waals surface area contributed by atoms with E-state index in [1.54, 1.807) is 0 Å². The van der Waals surface area contributed by atoms with E-state index in [9.17, 15) is 4.79 Å². The number of aromatic nitrogens is 1. The molecule has 0 aliphatic carbocycles. The number of hydrogen-bond acceptors (Lipinski definition) is 2. The molecular formula is C12H14N2OSe. The summed E-state index contributed by atoms with van der Waals surface area (Å²) in [5.74, 6) is 0. The van der Waals surface area contributed by atoms with Gasteiger partial charge in [0, 0.05) is 0 Å². The number of hydrogen-bond donors (Lipinski definition) is 1. The minimum absolute atomic E-state index is 0.204.